The molecule has 0 spiro atoms. The van der Waals surface area contributed by atoms with Gasteiger partial charge in [-0.05, 0) is 12.3 Å². The first-order valence-corrected chi connectivity index (χ1v) is 9.77. The summed E-state index contributed by atoms with van der Waals surface area (Å²) < 4.78 is 27.1. The summed E-state index contributed by atoms with van der Waals surface area (Å²) in [6.45, 7) is 4.23. The predicted octanol–water partition coefficient (Wildman–Crippen LogP) is 2.58. The number of hydrogen-bond donors (Lipinski definition) is 3. The van der Waals surface area contributed by atoms with Crippen molar-refractivity contribution < 1.29 is 28.3 Å². The summed E-state index contributed by atoms with van der Waals surface area (Å²) in [5, 5.41) is 0. The van der Waals surface area contributed by atoms with Gasteiger partial charge >= 0.3 is 15.2 Å². The van der Waals surface area contributed by atoms with Crippen molar-refractivity contribution in [2.45, 2.75) is 39.5 Å². The van der Waals surface area contributed by atoms with Crippen LogP contribution in [-0.4, -0.2) is 33.6 Å². The Morgan fingerprint density at radius 1 is 1.11 bits per heavy atom. The molecular weight excluding hydrogens is 278 g/mol. The molecule has 0 aromatic heterocycles. The van der Waals surface area contributed by atoms with E-state index in [0.29, 0.717) is 0 Å². The molecule has 2 unspecified atom stereocenters. The van der Waals surface area contributed by atoms with Gasteiger partial charge in [0.1, 0.15) is 0 Å². The van der Waals surface area contributed by atoms with Crippen LogP contribution in [0.4, 0.5) is 0 Å². The SMILES string of the molecule is CCCCC(CC)COP(=O)(O)CCP(=O)(O)O. The van der Waals surface area contributed by atoms with Gasteiger partial charge < -0.3 is 19.2 Å². The summed E-state index contributed by atoms with van der Waals surface area (Å²) in [6, 6.07) is 0. The summed E-state index contributed by atoms with van der Waals surface area (Å²) in [4.78, 5) is 26.7. The lowest BCUT2D eigenvalue weighted by Crippen LogP contribution is -2.09. The summed E-state index contributed by atoms with van der Waals surface area (Å²) in [6.07, 6.45) is 2.78. The molecule has 0 bridgehead atoms. The van der Waals surface area contributed by atoms with Gasteiger partial charge in [0.05, 0.1) is 18.9 Å². The zero-order valence-electron chi connectivity index (χ0n) is 11.0. The first kappa shape index (κ1) is 18.3. The molecule has 8 heteroatoms. The molecular formula is C10H24O6P2. The van der Waals surface area contributed by atoms with Gasteiger partial charge in [-0.3, -0.25) is 9.13 Å². The van der Waals surface area contributed by atoms with Gasteiger partial charge in [0, 0.05) is 0 Å². The molecule has 18 heavy (non-hydrogen) atoms. The fourth-order valence-electron chi connectivity index (χ4n) is 1.44. The Bertz CT molecular complexity index is 313. The Kier molecular flexibility index (Phi) is 8.61. The molecule has 0 radical (unpaired) electrons. The number of hydrogen-bond acceptors (Lipinski definition) is 3. The smallest absolute Gasteiger partial charge is 0.324 e. The van der Waals surface area contributed by atoms with Crippen LogP contribution in [0, 0.1) is 5.92 Å². The Labute approximate surface area is 108 Å². The lowest BCUT2D eigenvalue weighted by atomic mass is 10.0. The standard InChI is InChI=1S/C10H24O6P2/c1-3-5-6-10(4-2)9-16-18(14,15)8-7-17(11,12)13/h10H,3-9H2,1-2H3,(H,14,15)(H2,11,12,13). The minimum Gasteiger partial charge on any atom is -0.324 e. The molecule has 0 aliphatic heterocycles. The molecule has 0 saturated carbocycles. The predicted molar refractivity (Wildman–Crippen MR) is 70.9 cm³/mol. The van der Waals surface area contributed by atoms with Gasteiger partial charge in [-0.25, -0.2) is 0 Å². The van der Waals surface area contributed by atoms with Crippen LogP contribution in [0.15, 0.2) is 0 Å². The normalized spacial score (nSPS) is 17.4. The van der Waals surface area contributed by atoms with Crippen LogP contribution >= 0.6 is 15.2 Å². The monoisotopic (exact) mass is 302 g/mol. The number of unbranched alkanes of at least 4 members (excludes halogenated alkanes) is 1. The first-order chi connectivity index (χ1) is 8.20. The second-order valence-corrected chi connectivity index (χ2v) is 8.22. The molecule has 0 saturated heterocycles. The lowest BCUT2D eigenvalue weighted by molar-refractivity contribution is 0.204. The van der Waals surface area contributed by atoms with E-state index in [1.54, 1.807) is 0 Å². The third-order valence-corrected chi connectivity index (χ3v) is 5.23. The summed E-state index contributed by atoms with van der Waals surface area (Å²) >= 11 is 0. The van der Waals surface area contributed by atoms with Crippen LogP contribution in [0.3, 0.4) is 0 Å². The van der Waals surface area contributed by atoms with Crippen molar-refractivity contribution >= 4 is 15.2 Å². The molecule has 0 aliphatic rings. The molecule has 0 fully saturated rings. The van der Waals surface area contributed by atoms with Gasteiger partial charge in [0.25, 0.3) is 0 Å². The summed E-state index contributed by atoms with van der Waals surface area (Å²) in [5.74, 6) is 0.223. The van der Waals surface area contributed by atoms with Gasteiger partial charge in [-0.1, -0.05) is 33.1 Å². The third-order valence-electron chi connectivity index (χ3n) is 2.73. The van der Waals surface area contributed by atoms with Crippen molar-refractivity contribution in [1.82, 2.24) is 0 Å². The average molecular weight is 302 g/mol. The highest BCUT2D eigenvalue weighted by atomic mass is 31.2. The van der Waals surface area contributed by atoms with Crippen LogP contribution in [0.25, 0.3) is 0 Å². The van der Waals surface area contributed by atoms with E-state index in [-0.39, 0.29) is 12.5 Å². The maximum atomic E-state index is 11.5. The van der Waals surface area contributed by atoms with Crippen molar-refractivity contribution in [2.75, 3.05) is 18.9 Å². The van der Waals surface area contributed by atoms with Crippen molar-refractivity contribution in [3.05, 3.63) is 0 Å². The Morgan fingerprint density at radius 2 is 1.72 bits per heavy atom. The van der Waals surface area contributed by atoms with Gasteiger partial charge in [-0.2, -0.15) is 0 Å². The molecule has 0 aromatic rings. The zero-order valence-corrected chi connectivity index (χ0v) is 12.8. The van der Waals surface area contributed by atoms with Crippen LogP contribution in [0.5, 0.6) is 0 Å². The Balaban J connectivity index is 4.07. The van der Waals surface area contributed by atoms with Gasteiger partial charge in [-0.15, -0.1) is 0 Å². The third kappa shape index (κ3) is 10.2. The maximum Gasteiger partial charge on any atom is 0.328 e. The number of rotatable bonds is 10. The van der Waals surface area contributed by atoms with E-state index < -0.39 is 27.5 Å². The average Bonchev–Trinajstić information content (AvgIpc) is 2.26. The molecule has 3 N–H and O–H groups in total. The fourth-order valence-corrected chi connectivity index (χ4v) is 4.07. The van der Waals surface area contributed by atoms with E-state index in [2.05, 4.69) is 6.92 Å². The van der Waals surface area contributed by atoms with E-state index >= 15 is 0 Å². The maximum absolute atomic E-state index is 11.5. The highest BCUT2D eigenvalue weighted by molar-refractivity contribution is 7.56. The van der Waals surface area contributed by atoms with Crippen molar-refractivity contribution in [3.63, 3.8) is 0 Å². The van der Waals surface area contributed by atoms with Crippen molar-refractivity contribution in [2.24, 2.45) is 5.92 Å². The van der Waals surface area contributed by atoms with Crippen molar-refractivity contribution in [3.8, 4) is 0 Å². The summed E-state index contributed by atoms with van der Waals surface area (Å²) in [7, 11) is -8.13. The van der Waals surface area contributed by atoms with Crippen LogP contribution in [-0.2, 0) is 13.7 Å². The Hall–Kier alpha value is 0.300. The van der Waals surface area contributed by atoms with E-state index in [4.69, 9.17) is 14.3 Å². The van der Waals surface area contributed by atoms with E-state index in [0.717, 1.165) is 25.7 Å². The highest BCUT2D eigenvalue weighted by Crippen LogP contribution is 2.47. The molecule has 0 aromatic carbocycles. The van der Waals surface area contributed by atoms with Gasteiger partial charge in [0.2, 0.25) is 0 Å². The van der Waals surface area contributed by atoms with Crippen molar-refractivity contribution in [1.29, 1.82) is 0 Å². The van der Waals surface area contributed by atoms with Gasteiger partial charge in [0.15, 0.2) is 0 Å². The second kappa shape index (κ2) is 8.47. The molecule has 0 rings (SSSR count). The Morgan fingerprint density at radius 3 is 2.17 bits per heavy atom. The summed E-state index contributed by atoms with van der Waals surface area (Å²) in [5.41, 5.74) is 0. The van der Waals surface area contributed by atoms with Crippen LogP contribution < -0.4 is 0 Å². The molecule has 6 nitrogen and oxygen atoms in total. The molecule has 110 valence electrons. The minimum absolute atomic E-state index is 0.172. The second-order valence-electron chi connectivity index (χ2n) is 4.46. The zero-order chi connectivity index (χ0) is 14.2. The lowest BCUT2D eigenvalue weighted by Gasteiger charge is -2.18. The topological polar surface area (TPSA) is 104 Å². The van der Waals surface area contributed by atoms with E-state index in [1.165, 1.54) is 0 Å². The fraction of sp³-hybridized carbons (Fsp3) is 1.00. The quantitative estimate of drug-likeness (QED) is 0.536. The molecule has 0 heterocycles. The molecule has 0 aliphatic carbocycles. The largest absolute Gasteiger partial charge is 0.328 e. The van der Waals surface area contributed by atoms with E-state index in [1.807, 2.05) is 6.92 Å². The van der Waals surface area contributed by atoms with Crippen LogP contribution in [0.2, 0.25) is 0 Å². The van der Waals surface area contributed by atoms with Crippen LogP contribution in [0.1, 0.15) is 39.5 Å². The molecule has 0 amide bonds. The molecule has 2 atom stereocenters. The first-order valence-electron chi connectivity index (χ1n) is 6.21. The highest BCUT2D eigenvalue weighted by Gasteiger charge is 2.25. The van der Waals surface area contributed by atoms with E-state index in [9.17, 15) is 14.0 Å². The minimum atomic E-state index is -4.25.